The Hall–Kier alpha value is -1.32. The second kappa shape index (κ2) is 6.20. The largest absolute Gasteiger partial charge is 0.333 e. The monoisotopic (exact) mass is 321 g/mol. The number of nitrogens with one attached hydrogen (secondary N) is 1. The molecule has 1 atom stereocenters. The molecule has 0 saturated carbocycles. The molecule has 1 N–H and O–H groups in total. The maximum absolute atomic E-state index is 12.0. The highest BCUT2D eigenvalue weighted by atomic mass is 32.2. The third-order valence-corrected chi connectivity index (χ3v) is 5.74. The molecule has 0 aliphatic carbocycles. The van der Waals surface area contributed by atoms with Crippen LogP contribution in [0.15, 0.2) is 12.3 Å². The average Bonchev–Trinajstić information content (AvgIpc) is 3.05. The standard InChI is InChI=1S/C15H19N3OS2/c1-14(2,3)13-17-8-11(21-13)4-5-12(19)18-15(9-16)6-7-20-10-15/h4-5,8H,6-7,10H2,1-3H3,(H,18,19)/b5-4+/t15-/m0/s1. The second-order valence-electron chi connectivity index (χ2n) is 6.14. The Morgan fingerprint density at radius 2 is 2.33 bits per heavy atom. The van der Waals surface area contributed by atoms with E-state index in [9.17, 15) is 10.1 Å². The summed E-state index contributed by atoms with van der Waals surface area (Å²) in [5.74, 6) is 1.36. The van der Waals surface area contributed by atoms with Gasteiger partial charge in [-0.1, -0.05) is 20.8 Å². The molecule has 1 saturated heterocycles. The number of thiazole rings is 1. The van der Waals surface area contributed by atoms with E-state index in [1.165, 1.54) is 6.08 Å². The summed E-state index contributed by atoms with van der Waals surface area (Å²) in [5.41, 5.74) is -0.679. The van der Waals surface area contributed by atoms with E-state index in [1.807, 2.05) is 0 Å². The van der Waals surface area contributed by atoms with Crippen LogP contribution in [-0.4, -0.2) is 27.9 Å². The number of hydrogen-bond donors (Lipinski definition) is 1. The topological polar surface area (TPSA) is 65.8 Å². The molecule has 4 nitrogen and oxygen atoms in total. The van der Waals surface area contributed by atoms with Crippen molar-refractivity contribution in [2.24, 2.45) is 0 Å². The van der Waals surface area contributed by atoms with Crippen molar-refractivity contribution in [2.45, 2.75) is 38.1 Å². The fourth-order valence-corrected chi connectivity index (χ4v) is 4.07. The van der Waals surface area contributed by atoms with Gasteiger partial charge in [-0.25, -0.2) is 4.98 Å². The predicted octanol–water partition coefficient (Wildman–Crippen LogP) is 2.97. The molecule has 1 aliphatic heterocycles. The van der Waals surface area contributed by atoms with E-state index in [0.717, 1.165) is 15.6 Å². The van der Waals surface area contributed by atoms with E-state index < -0.39 is 5.54 Å². The molecule has 2 heterocycles. The molecule has 0 bridgehead atoms. The van der Waals surface area contributed by atoms with Crippen molar-refractivity contribution in [1.29, 1.82) is 5.26 Å². The number of amides is 1. The summed E-state index contributed by atoms with van der Waals surface area (Å²) in [6.45, 7) is 6.33. The third-order valence-electron chi connectivity index (χ3n) is 3.16. The number of nitrogens with zero attached hydrogens (tertiary/aromatic N) is 2. The number of carbonyl (C=O) groups excluding carboxylic acids is 1. The van der Waals surface area contributed by atoms with Crippen LogP contribution in [0.2, 0.25) is 0 Å². The lowest BCUT2D eigenvalue weighted by Gasteiger charge is -2.19. The molecule has 0 spiro atoms. The molecule has 1 aliphatic rings. The van der Waals surface area contributed by atoms with Gasteiger partial charge in [0.1, 0.15) is 5.54 Å². The van der Waals surface area contributed by atoms with Gasteiger partial charge in [-0.05, 0) is 18.2 Å². The summed E-state index contributed by atoms with van der Waals surface area (Å²) in [6.07, 6.45) is 5.74. The zero-order valence-corrected chi connectivity index (χ0v) is 14.1. The minimum Gasteiger partial charge on any atom is -0.333 e. The van der Waals surface area contributed by atoms with E-state index >= 15 is 0 Å². The van der Waals surface area contributed by atoms with Crippen LogP contribution in [0.5, 0.6) is 0 Å². The molecular weight excluding hydrogens is 302 g/mol. The lowest BCUT2D eigenvalue weighted by molar-refractivity contribution is -0.117. The van der Waals surface area contributed by atoms with Gasteiger partial charge in [0.05, 0.1) is 11.1 Å². The zero-order valence-electron chi connectivity index (χ0n) is 12.5. The summed E-state index contributed by atoms with van der Waals surface area (Å²) < 4.78 is 0. The SMILES string of the molecule is CC(C)(C)c1ncc(/C=C/C(=O)N[C@]2(C#N)CCSC2)s1. The molecule has 112 valence electrons. The van der Waals surface area contributed by atoms with E-state index in [4.69, 9.17) is 0 Å². The molecule has 1 aromatic rings. The molecule has 2 rings (SSSR count). The van der Waals surface area contributed by atoms with Crippen LogP contribution in [0.4, 0.5) is 0 Å². The number of hydrogen-bond acceptors (Lipinski definition) is 5. The van der Waals surface area contributed by atoms with E-state index in [-0.39, 0.29) is 11.3 Å². The molecule has 1 fully saturated rings. The van der Waals surface area contributed by atoms with Crippen molar-refractivity contribution in [3.05, 3.63) is 22.2 Å². The van der Waals surface area contributed by atoms with Gasteiger partial charge in [0, 0.05) is 28.3 Å². The van der Waals surface area contributed by atoms with Crippen LogP contribution >= 0.6 is 23.1 Å². The fourth-order valence-electron chi connectivity index (χ4n) is 1.93. The van der Waals surface area contributed by atoms with Crippen molar-refractivity contribution in [3.63, 3.8) is 0 Å². The molecule has 1 aromatic heterocycles. The molecule has 0 aromatic carbocycles. The van der Waals surface area contributed by atoms with Gasteiger partial charge in [0.2, 0.25) is 5.91 Å². The number of thioether (sulfide) groups is 1. The number of aromatic nitrogens is 1. The zero-order chi connectivity index (χ0) is 15.5. The average molecular weight is 321 g/mol. The van der Waals surface area contributed by atoms with Crippen LogP contribution in [0, 0.1) is 11.3 Å². The van der Waals surface area contributed by atoms with Crippen LogP contribution in [-0.2, 0) is 10.2 Å². The highest BCUT2D eigenvalue weighted by Crippen LogP contribution is 2.28. The van der Waals surface area contributed by atoms with Gasteiger partial charge < -0.3 is 5.32 Å². The number of nitriles is 1. The summed E-state index contributed by atoms with van der Waals surface area (Å²) in [4.78, 5) is 17.3. The quantitative estimate of drug-likeness (QED) is 0.869. The van der Waals surface area contributed by atoms with Crippen molar-refractivity contribution in [3.8, 4) is 6.07 Å². The Morgan fingerprint density at radius 3 is 2.86 bits per heavy atom. The fraction of sp³-hybridized carbons (Fsp3) is 0.533. The van der Waals surface area contributed by atoms with Gasteiger partial charge in [0.25, 0.3) is 0 Å². The molecule has 1 amide bonds. The third kappa shape index (κ3) is 4.08. The van der Waals surface area contributed by atoms with E-state index in [2.05, 4.69) is 37.1 Å². The summed E-state index contributed by atoms with van der Waals surface area (Å²) >= 11 is 3.28. The van der Waals surface area contributed by atoms with E-state index in [0.29, 0.717) is 12.2 Å². The summed E-state index contributed by atoms with van der Waals surface area (Å²) in [5, 5.41) is 13.1. The van der Waals surface area contributed by atoms with E-state index in [1.54, 1.807) is 35.4 Å². The van der Waals surface area contributed by atoms with Crippen molar-refractivity contribution in [1.82, 2.24) is 10.3 Å². The minimum atomic E-state index is -0.698. The van der Waals surface area contributed by atoms with Crippen molar-refractivity contribution in [2.75, 3.05) is 11.5 Å². The number of rotatable bonds is 3. The van der Waals surface area contributed by atoms with Crippen molar-refractivity contribution < 1.29 is 4.79 Å². The molecule has 6 heteroatoms. The summed E-state index contributed by atoms with van der Waals surface area (Å²) in [6, 6.07) is 2.23. The highest BCUT2D eigenvalue weighted by molar-refractivity contribution is 7.99. The maximum atomic E-state index is 12.0. The van der Waals surface area contributed by atoms with Crippen LogP contribution in [0.3, 0.4) is 0 Å². The molecule has 0 radical (unpaired) electrons. The van der Waals surface area contributed by atoms with Gasteiger partial charge >= 0.3 is 0 Å². The minimum absolute atomic E-state index is 0.0188. The van der Waals surface area contributed by atoms with Gasteiger partial charge in [-0.2, -0.15) is 17.0 Å². The first-order valence-corrected chi connectivity index (χ1v) is 8.77. The Kier molecular flexibility index (Phi) is 4.74. The highest BCUT2D eigenvalue weighted by Gasteiger charge is 2.35. The normalized spacial score (nSPS) is 22.4. The smallest absolute Gasteiger partial charge is 0.245 e. The second-order valence-corrected chi connectivity index (χ2v) is 8.30. The van der Waals surface area contributed by atoms with Gasteiger partial charge in [0.15, 0.2) is 0 Å². The first-order chi connectivity index (χ1) is 9.85. The Morgan fingerprint density at radius 1 is 1.57 bits per heavy atom. The Balaban J connectivity index is 1.99. The molecule has 21 heavy (non-hydrogen) atoms. The Labute approximate surface area is 133 Å². The van der Waals surface area contributed by atoms with Gasteiger partial charge in [-0.15, -0.1) is 11.3 Å². The number of carbonyl (C=O) groups is 1. The predicted molar refractivity (Wildman–Crippen MR) is 88.3 cm³/mol. The van der Waals surface area contributed by atoms with Crippen LogP contribution in [0.1, 0.15) is 37.1 Å². The molecule has 0 unspecified atom stereocenters. The van der Waals surface area contributed by atoms with Crippen molar-refractivity contribution >= 4 is 35.1 Å². The first kappa shape index (κ1) is 16.1. The maximum Gasteiger partial charge on any atom is 0.245 e. The molecular formula is C15H19N3OS2. The van der Waals surface area contributed by atoms with Crippen LogP contribution < -0.4 is 5.32 Å². The lowest BCUT2D eigenvalue weighted by Crippen LogP contribution is -2.46. The van der Waals surface area contributed by atoms with Crippen LogP contribution in [0.25, 0.3) is 6.08 Å². The first-order valence-electron chi connectivity index (χ1n) is 6.80. The Bertz CT molecular complexity index is 587. The summed E-state index contributed by atoms with van der Waals surface area (Å²) in [7, 11) is 0. The van der Waals surface area contributed by atoms with Gasteiger partial charge in [-0.3, -0.25) is 4.79 Å². The lowest BCUT2D eigenvalue weighted by atomic mass is 9.98.